The molecule has 0 fully saturated rings. The highest BCUT2D eigenvalue weighted by atomic mass is 16.1. The normalized spacial score (nSPS) is 21.6. The lowest BCUT2D eigenvalue weighted by Gasteiger charge is -2.17. The van der Waals surface area contributed by atoms with Crippen molar-refractivity contribution in [1.29, 1.82) is 0 Å². The molecule has 15 heavy (non-hydrogen) atoms. The molecule has 0 saturated heterocycles. The maximum Gasteiger partial charge on any atom is 0.185 e. The van der Waals surface area contributed by atoms with E-state index in [1.807, 2.05) is 24.3 Å². The maximum absolute atomic E-state index is 11.8. The number of rotatable bonds is 1. The molecule has 0 amide bonds. The van der Waals surface area contributed by atoms with Gasteiger partial charge < -0.3 is 0 Å². The molecule has 0 atom stereocenters. The van der Waals surface area contributed by atoms with Crippen molar-refractivity contribution in [2.24, 2.45) is 5.92 Å². The van der Waals surface area contributed by atoms with E-state index in [1.165, 1.54) is 6.08 Å². The minimum atomic E-state index is -0.0363. The van der Waals surface area contributed by atoms with Crippen molar-refractivity contribution < 1.29 is 9.59 Å². The van der Waals surface area contributed by atoms with E-state index < -0.39 is 0 Å². The van der Waals surface area contributed by atoms with Crippen molar-refractivity contribution in [3.05, 3.63) is 47.1 Å². The monoisotopic (exact) mass is 200 g/mol. The molecule has 0 aromatic carbocycles. The van der Waals surface area contributed by atoms with E-state index in [0.717, 1.165) is 0 Å². The van der Waals surface area contributed by atoms with Gasteiger partial charge in [-0.25, -0.2) is 0 Å². The minimum Gasteiger partial charge on any atom is -0.290 e. The molecular weight excluding hydrogens is 188 g/mol. The van der Waals surface area contributed by atoms with Gasteiger partial charge in [0.2, 0.25) is 0 Å². The Balaban J connectivity index is 2.46. The first-order valence-corrected chi connectivity index (χ1v) is 4.94. The van der Waals surface area contributed by atoms with Gasteiger partial charge in [0.25, 0.3) is 0 Å². The second-order valence-electron chi connectivity index (χ2n) is 3.85. The molecule has 2 aliphatic carbocycles. The molecule has 0 saturated carbocycles. The van der Waals surface area contributed by atoms with Crippen LogP contribution in [-0.4, -0.2) is 11.6 Å². The average molecular weight is 200 g/mol. The predicted octanol–water partition coefficient (Wildman–Crippen LogP) is 2.14. The molecule has 2 nitrogen and oxygen atoms in total. The van der Waals surface area contributed by atoms with Crippen molar-refractivity contribution >= 4 is 11.6 Å². The Kier molecular flexibility index (Phi) is 2.27. The topological polar surface area (TPSA) is 34.1 Å². The molecule has 0 N–H and O–H groups in total. The van der Waals surface area contributed by atoms with E-state index in [4.69, 9.17) is 0 Å². The van der Waals surface area contributed by atoms with Crippen LogP contribution >= 0.6 is 0 Å². The molecule has 2 aliphatic rings. The predicted molar refractivity (Wildman–Crippen MR) is 58.2 cm³/mol. The molecule has 0 unspecified atom stereocenters. The molecule has 0 spiro atoms. The van der Waals surface area contributed by atoms with Crippen LogP contribution in [0.5, 0.6) is 0 Å². The van der Waals surface area contributed by atoms with Gasteiger partial charge in [0.1, 0.15) is 0 Å². The number of ketones is 2. The van der Waals surface area contributed by atoms with Crippen LogP contribution in [0.15, 0.2) is 47.1 Å². The number of carbonyl (C=O) groups excluding carboxylic acids is 2. The van der Waals surface area contributed by atoms with E-state index in [-0.39, 0.29) is 17.5 Å². The Labute approximate surface area is 88.7 Å². The second-order valence-corrected chi connectivity index (χ2v) is 3.85. The van der Waals surface area contributed by atoms with Gasteiger partial charge in [-0.1, -0.05) is 24.3 Å². The molecule has 0 radical (unpaired) electrons. The SMILES string of the molecule is CC1=CC(=O)C(C2C=CC=C2)=C(C)C1=O. The number of hydrogen-bond acceptors (Lipinski definition) is 2. The zero-order valence-corrected chi connectivity index (χ0v) is 8.78. The third-order valence-corrected chi connectivity index (χ3v) is 2.80. The second kappa shape index (κ2) is 3.46. The van der Waals surface area contributed by atoms with Gasteiger partial charge in [-0.15, -0.1) is 0 Å². The van der Waals surface area contributed by atoms with Gasteiger partial charge >= 0.3 is 0 Å². The molecule has 0 aromatic rings. The van der Waals surface area contributed by atoms with Gasteiger partial charge in [0, 0.05) is 22.6 Å². The molecular formula is C13H12O2. The van der Waals surface area contributed by atoms with Crippen molar-refractivity contribution in [3.63, 3.8) is 0 Å². The third kappa shape index (κ3) is 1.52. The summed E-state index contributed by atoms with van der Waals surface area (Å²) in [6.45, 7) is 3.41. The highest BCUT2D eigenvalue weighted by Gasteiger charge is 2.27. The number of Topliss-reactive ketones (excluding diaryl/α,β-unsaturated/α-hetero) is 1. The number of allylic oxidation sites excluding steroid dienone is 8. The van der Waals surface area contributed by atoms with Crippen molar-refractivity contribution in [3.8, 4) is 0 Å². The van der Waals surface area contributed by atoms with E-state index >= 15 is 0 Å². The maximum atomic E-state index is 11.8. The first-order valence-electron chi connectivity index (χ1n) is 4.94. The fourth-order valence-electron chi connectivity index (χ4n) is 1.98. The van der Waals surface area contributed by atoms with Gasteiger partial charge in [0.15, 0.2) is 11.6 Å². The summed E-state index contributed by atoms with van der Waals surface area (Å²) in [5, 5.41) is 0. The molecule has 76 valence electrons. The third-order valence-electron chi connectivity index (χ3n) is 2.80. The summed E-state index contributed by atoms with van der Waals surface area (Å²) in [7, 11) is 0. The molecule has 0 aromatic heterocycles. The Bertz CT molecular complexity index is 447. The van der Waals surface area contributed by atoms with E-state index in [1.54, 1.807) is 13.8 Å². The van der Waals surface area contributed by atoms with E-state index in [2.05, 4.69) is 0 Å². The van der Waals surface area contributed by atoms with Crippen LogP contribution in [0.2, 0.25) is 0 Å². The molecule has 0 heterocycles. The Hall–Kier alpha value is -1.70. The summed E-state index contributed by atoms with van der Waals surface area (Å²) in [4.78, 5) is 23.5. The lowest BCUT2D eigenvalue weighted by molar-refractivity contribution is -0.116. The Morgan fingerprint density at radius 1 is 1.07 bits per heavy atom. The fraction of sp³-hybridized carbons (Fsp3) is 0.231. The van der Waals surface area contributed by atoms with Gasteiger partial charge in [0.05, 0.1) is 0 Å². The molecule has 2 rings (SSSR count). The van der Waals surface area contributed by atoms with E-state index in [9.17, 15) is 9.59 Å². The lowest BCUT2D eigenvalue weighted by atomic mass is 9.84. The average Bonchev–Trinajstić information content (AvgIpc) is 2.68. The summed E-state index contributed by atoms with van der Waals surface area (Å²) >= 11 is 0. The standard InChI is InChI=1S/C13H12O2/c1-8-7-11(14)12(9(2)13(8)15)10-5-3-4-6-10/h3-7,10H,1-2H3. The van der Waals surface area contributed by atoms with Crippen molar-refractivity contribution in [1.82, 2.24) is 0 Å². The van der Waals surface area contributed by atoms with Crippen molar-refractivity contribution in [2.75, 3.05) is 0 Å². The number of hydrogen-bond donors (Lipinski definition) is 0. The van der Waals surface area contributed by atoms with Crippen LogP contribution in [-0.2, 0) is 9.59 Å². The minimum absolute atomic E-state index is 0.0155. The highest BCUT2D eigenvalue weighted by Crippen LogP contribution is 2.28. The molecule has 0 bridgehead atoms. The van der Waals surface area contributed by atoms with Crippen LogP contribution in [0, 0.1) is 5.92 Å². The van der Waals surface area contributed by atoms with Crippen LogP contribution in [0.1, 0.15) is 13.8 Å². The molecule has 0 aliphatic heterocycles. The fourth-order valence-corrected chi connectivity index (χ4v) is 1.98. The summed E-state index contributed by atoms with van der Waals surface area (Å²) in [6, 6.07) is 0. The van der Waals surface area contributed by atoms with Crippen LogP contribution in [0.3, 0.4) is 0 Å². The zero-order chi connectivity index (χ0) is 11.0. The smallest absolute Gasteiger partial charge is 0.185 e. The van der Waals surface area contributed by atoms with Crippen molar-refractivity contribution in [2.45, 2.75) is 13.8 Å². The van der Waals surface area contributed by atoms with E-state index in [0.29, 0.717) is 16.7 Å². The van der Waals surface area contributed by atoms with Gasteiger partial charge in [-0.05, 0) is 19.9 Å². The Morgan fingerprint density at radius 3 is 2.27 bits per heavy atom. The van der Waals surface area contributed by atoms with Gasteiger partial charge in [-0.3, -0.25) is 9.59 Å². The summed E-state index contributed by atoms with van der Waals surface area (Å²) in [5.41, 5.74) is 1.74. The summed E-state index contributed by atoms with van der Waals surface area (Å²) in [5.74, 6) is -0.0742. The van der Waals surface area contributed by atoms with Gasteiger partial charge in [-0.2, -0.15) is 0 Å². The first kappa shape index (κ1) is 9.84. The summed E-state index contributed by atoms with van der Waals surface area (Å²) < 4.78 is 0. The largest absolute Gasteiger partial charge is 0.290 e. The quantitative estimate of drug-likeness (QED) is 0.608. The Morgan fingerprint density at radius 2 is 1.67 bits per heavy atom. The first-order chi connectivity index (χ1) is 7.11. The van der Waals surface area contributed by atoms with Crippen LogP contribution in [0.4, 0.5) is 0 Å². The lowest BCUT2D eigenvalue weighted by Crippen LogP contribution is -2.20. The van der Waals surface area contributed by atoms with Crippen LogP contribution < -0.4 is 0 Å². The molecule has 2 heteroatoms. The summed E-state index contributed by atoms with van der Waals surface area (Å²) in [6.07, 6.45) is 9.09. The van der Waals surface area contributed by atoms with Crippen LogP contribution in [0.25, 0.3) is 0 Å². The number of carbonyl (C=O) groups is 2. The highest BCUT2D eigenvalue weighted by molar-refractivity contribution is 6.22. The zero-order valence-electron chi connectivity index (χ0n) is 8.78.